The zero-order valence-corrected chi connectivity index (χ0v) is 11.9. The van der Waals surface area contributed by atoms with Crippen molar-refractivity contribution in [1.29, 1.82) is 0 Å². The first kappa shape index (κ1) is 15.7. The molecular weight excluding hydrogens is 315 g/mol. The normalized spacial score (nSPS) is 10.1. The smallest absolute Gasteiger partial charge is 0.409 e. The molecular formula is C14H10ClFN2O4. The number of hydrogen-bond acceptors (Lipinski definition) is 4. The van der Waals surface area contributed by atoms with E-state index in [1.807, 2.05) is 0 Å². The summed E-state index contributed by atoms with van der Waals surface area (Å²) >= 11 is 5.78. The van der Waals surface area contributed by atoms with E-state index in [-0.39, 0.29) is 18.0 Å². The molecule has 8 heteroatoms. The molecule has 0 spiro atoms. The lowest BCUT2D eigenvalue weighted by molar-refractivity contribution is -0.384. The third-order valence-electron chi connectivity index (χ3n) is 2.66. The molecule has 0 bridgehead atoms. The number of carbonyl (C=O) groups excluding carboxylic acids is 1. The fraction of sp³-hybridized carbons (Fsp3) is 0.0714. The highest BCUT2D eigenvalue weighted by atomic mass is 35.5. The Labute approximate surface area is 129 Å². The van der Waals surface area contributed by atoms with Crippen LogP contribution in [0.3, 0.4) is 0 Å². The van der Waals surface area contributed by atoms with E-state index in [9.17, 15) is 19.3 Å². The van der Waals surface area contributed by atoms with Crippen molar-refractivity contribution < 1.29 is 18.8 Å². The van der Waals surface area contributed by atoms with Gasteiger partial charge >= 0.3 is 6.09 Å². The number of benzene rings is 2. The van der Waals surface area contributed by atoms with Crippen molar-refractivity contribution in [2.45, 2.75) is 6.54 Å². The first-order chi connectivity index (χ1) is 10.5. The highest BCUT2D eigenvalue weighted by Gasteiger charge is 2.15. The van der Waals surface area contributed by atoms with E-state index in [4.69, 9.17) is 16.5 Å². The summed E-state index contributed by atoms with van der Waals surface area (Å²) in [6.45, 7) is -0.0505. The fourth-order valence-electron chi connectivity index (χ4n) is 1.65. The molecule has 114 valence electrons. The first-order valence-electron chi connectivity index (χ1n) is 6.10. The van der Waals surface area contributed by atoms with Crippen molar-refractivity contribution in [1.82, 2.24) is 4.42 Å². The lowest BCUT2D eigenvalue weighted by Gasteiger charge is -2.13. The Hall–Kier alpha value is -2.67. The maximum Gasteiger partial charge on any atom is 0.430 e. The minimum Gasteiger partial charge on any atom is -0.409 e. The monoisotopic (exact) mass is 324 g/mol. The summed E-state index contributed by atoms with van der Waals surface area (Å²) in [5, 5.41) is 10.5. The maximum atomic E-state index is 13.0. The summed E-state index contributed by atoms with van der Waals surface area (Å²) in [5.41, 5.74) is 0.373. The summed E-state index contributed by atoms with van der Waals surface area (Å²) in [6, 6.07) is 10.6. The summed E-state index contributed by atoms with van der Waals surface area (Å²) < 4.78 is 18.7. The summed E-state index contributed by atoms with van der Waals surface area (Å²) in [4.78, 5) is 21.7. The second kappa shape index (κ2) is 6.86. The van der Waals surface area contributed by atoms with Crippen LogP contribution in [0.2, 0.25) is 0 Å². The van der Waals surface area contributed by atoms with Crippen LogP contribution in [-0.2, 0) is 6.54 Å². The highest BCUT2D eigenvalue weighted by molar-refractivity contribution is 6.20. The number of nitro benzene ring substituents is 1. The van der Waals surface area contributed by atoms with Gasteiger partial charge in [-0.2, -0.15) is 0 Å². The van der Waals surface area contributed by atoms with Crippen molar-refractivity contribution in [2.75, 3.05) is 0 Å². The van der Waals surface area contributed by atoms with E-state index >= 15 is 0 Å². The molecule has 0 radical (unpaired) electrons. The molecule has 0 aliphatic heterocycles. The van der Waals surface area contributed by atoms with Crippen LogP contribution in [0.25, 0.3) is 0 Å². The lowest BCUT2D eigenvalue weighted by atomic mass is 10.2. The molecule has 0 aliphatic rings. The predicted octanol–water partition coefficient (Wildman–Crippen LogP) is 3.89. The molecule has 2 aromatic carbocycles. The third kappa shape index (κ3) is 4.16. The van der Waals surface area contributed by atoms with Crippen LogP contribution in [0.4, 0.5) is 14.9 Å². The molecule has 2 rings (SSSR count). The largest absolute Gasteiger partial charge is 0.430 e. The summed E-state index contributed by atoms with van der Waals surface area (Å²) in [5.74, 6) is -0.327. The topological polar surface area (TPSA) is 72.7 Å². The minimum absolute atomic E-state index is 0.0505. The molecule has 0 unspecified atom stereocenters. The number of nitro groups is 1. The summed E-state index contributed by atoms with van der Waals surface area (Å²) in [6.07, 6.45) is -0.875. The first-order valence-corrected chi connectivity index (χ1v) is 6.43. The van der Waals surface area contributed by atoms with Gasteiger partial charge in [-0.1, -0.05) is 12.1 Å². The molecule has 0 fully saturated rings. The fourth-order valence-corrected chi connectivity index (χ4v) is 1.82. The van der Waals surface area contributed by atoms with E-state index in [0.29, 0.717) is 5.56 Å². The SMILES string of the molecule is O=C(Oc1ccc([N+](=O)[O-])cc1)N(Cl)Cc1cccc(F)c1. The Morgan fingerprint density at radius 2 is 1.95 bits per heavy atom. The molecule has 0 aliphatic carbocycles. The van der Waals surface area contributed by atoms with Crippen LogP contribution in [0.15, 0.2) is 48.5 Å². The number of rotatable bonds is 4. The molecule has 0 aromatic heterocycles. The molecule has 0 atom stereocenters. The molecule has 22 heavy (non-hydrogen) atoms. The number of carbonyl (C=O) groups is 1. The van der Waals surface area contributed by atoms with Crippen molar-refractivity contribution >= 4 is 23.6 Å². The molecule has 2 aromatic rings. The molecule has 0 N–H and O–H groups in total. The summed E-state index contributed by atoms with van der Waals surface area (Å²) in [7, 11) is 0. The van der Waals surface area contributed by atoms with Crippen molar-refractivity contribution in [3.8, 4) is 5.75 Å². The van der Waals surface area contributed by atoms with Crippen LogP contribution in [0.1, 0.15) is 5.56 Å². The van der Waals surface area contributed by atoms with Crippen molar-refractivity contribution in [3.05, 3.63) is 70.0 Å². The minimum atomic E-state index is -0.875. The average Bonchev–Trinajstić information content (AvgIpc) is 2.47. The van der Waals surface area contributed by atoms with E-state index in [0.717, 1.165) is 4.42 Å². The Morgan fingerprint density at radius 3 is 2.55 bits per heavy atom. The van der Waals surface area contributed by atoms with Gasteiger partial charge in [-0.05, 0) is 29.8 Å². The second-order valence-electron chi connectivity index (χ2n) is 4.27. The average molecular weight is 325 g/mol. The molecule has 0 heterocycles. The molecule has 6 nitrogen and oxygen atoms in total. The van der Waals surface area contributed by atoms with Crippen LogP contribution in [0.5, 0.6) is 5.75 Å². The molecule has 1 amide bonds. The van der Waals surface area contributed by atoms with Gasteiger partial charge in [-0.15, -0.1) is 0 Å². The number of ether oxygens (including phenoxy) is 1. The molecule has 0 saturated heterocycles. The zero-order chi connectivity index (χ0) is 16.1. The Balaban J connectivity index is 1.97. The van der Waals surface area contributed by atoms with Gasteiger partial charge in [0, 0.05) is 23.9 Å². The van der Waals surface area contributed by atoms with Gasteiger partial charge in [0.05, 0.1) is 11.5 Å². The standard InChI is InChI=1S/C14H10ClFN2O4/c15-17(9-10-2-1-3-11(16)8-10)14(19)22-13-6-4-12(5-7-13)18(20)21/h1-8H,9H2. The third-order valence-corrected chi connectivity index (χ3v) is 2.92. The van der Waals surface area contributed by atoms with E-state index in [2.05, 4.69) is 0 Å². The number of non-ortho nitro benzene ring substituents is 1. The predicted molar refractivity (Wildman–Crippen MR) is 76.9 cm³/mol. The number of amides is 1. The Kier molecular flexibility index (Phi) is 4.90. The molecule has 0 saturated carbocycles. The van der Waals surface area contributed by atoms with Gasteiger partial charge in [0.15, 0.2) is 0 Å². The van der Waals surface area contributed by atoms with Crippen molar-refractivity contribution in [2.24, 2.45) is 0 Å². The lowest BCUT2D eigenvalue weighted by Crippen LogP contribution is -2.24. The van der Waals surface area contributed by atoms with Crippen LogP contribution >= 0.6 is 11.8 Å². The zero-order valence-electron chi connectivity index (χ0n) is 11.1. The number of nitrogens with zero attached hydrogens (tertiary/aromatic N) is 2. The highest BCUT2D eigenvalue weighted by Crippen LogP contribution is 2.19. The van der Waals surface area contributed by atoms with Crippen LogP contribution in [-0.4, -0.2) is 15.4 Å². The van der Waals surface area contributed by atoms with Gasteiger partial charge in [0.2, 0.25) is 0 Å². The Bertz CT molecular complexity index is 693. The van der Waals surface area contributed by atoms with Crippen LogP contribution < -0.4 is 4.74 Å². The van der Waals surface area contributed by atoms with Crippen LogP contribution in [0, 0.1) is 15.9 Å². The van der Waals surface area contributed by atoms with E-state index < -0.39 is 16.8 Å². The maximum absolute atomic E-state index is 13.0. The van der Waals surface area contributed by atoms with Gasteiger partial charge in [-0.3, -0.25) is 10.1 Å². The van der Waals surface area contributed by atoms with Gasteiger partial charge in [0.25, 0.3) is 5.69 Å². The van der Waals surface area contributed by atoms with E-state index in [1.165, 1.54) is 42.5 Å². The Morgan fingerprint density at radius 1 is 1.27 bits per heavy atom. The number of hydrogen-bond donors (Lipinski definition) is 0. The van der Waals surface area contributed by atoms with E-state index in [1.54, 1.807) is 6.07 Å². The van der Waals surface area contributed by atoms with Crippen molar-refractivity contribution in [3.63, 3.8) is 0 Å². The second-order valence-corrected chi connectivity index (χ2v) is 4.68. The van der Waals surface area contributed by atoms with Gasteiger partial charge < -0.3 is 4.74 Å². The quantitative estimate of drug-likeness (QED) is 0.486. The van der Waals surface area contributed by atoms with Gasteiger partial charge in [-0.25, -0.2) is 13.6 Å². The van der Waals surface area contributed by atoms with Gasteiger partial charge in [0.1, 0.15) is 11.6 Å². The number of halogens is 2.